The van der Waals surface area contributed by atoms with Gasteiger partial charge in [0.15, 0.2) is 0 Å². The molecule has 108 valence electrons. The number of hydrazine groups is 1. The summed E-state index contributed by atoms with van der Waals surface area (Å²) in [6.07, 6.45) is 0.828. The number of nitrogens with two attached hydrogens (primary N) is 1. The third kappa shape index (κ3) is 4.60. The molecule has 1 atom stereocenters. The lowest BCUT2D eigenvalue weighted by Crippen LogP contribution is -2.35. The molecule has 0 spiro atoms. The van der Waals surface area contributed by atoms with Crippen LogP contribution in [0.5, 0.6) is 0 Å². The molecule has 0 fully saturated rings. The summed E-state index contributed by atoms with van der Waals surface area (Å²) in [6, 6.07) is 8.76. The molecule has 1 aromatic rings. The Hall–Kier alpha value is -0.900. The Kier molecular flexibility index (Phi) is 5.13. The van der Waals surface area contributed by atoms with Gasteiger partial charge in [0.1, 0.15) is 0 Å². The fraction of sp³-hybridized carbons (Fsp3) is 0.625. The first-order valence-electron chi connectivity index (χ1n) is 6.81. The van der Waals surface area contributed by atoms with Crippen molar-refractivity contribution < 1.29 is 4.74 Å². The summed E-state index contributed by atoms with van der Waals surface area (Å²) < 4.78 is 5.47. The van der Waals surface area contributed by atoms with Gasteiger partial charge in [-0.2, -0.15) is 0 Å². The number of benzene rings is 1. The predicted octanol–water partition coefficient (Wildman–Crippen LogP) is 3.30. The van der Waals surface area contributed by atoms with E-state index in [1.807, 2.05) is 0 Å². The predicted molar refractivity (Wildman–Crippen MR) is 80.9 cm³/mol. The summed E-state index contributed by atoms with van der Waals surface area (Å²) in [5.41, 5.74) is 5.40. The largest absolute Gasteiger partial charge is 0.379 e. The standard InChI is InChI=1S/C16H28N2O/c1-15(2,3)13-9-7-12(8-10-13)14(18-17)11-16(4,5)19-6/h7-10,14,18H,11,17H2,1-6H3. The zero-order valence-electron chi connectivity index (χ0n) is 13.1. The molecule has 1 aromatic carbocycles. The van der Waals surface area contributed by atoms with Gasteiger partial charge >= 0.3 is 0 Å². The fourth-order valence-corrected chi connectivity index (χ4v) is 2.06. The van der Waals surface area contributed by atoms with Crippen LogP contribution in [-0.4, -0.2) is 12.7 Å². The molecule has 19 heavy (non-hydrogen) atoms. The number of nitrogens with one attached hydrogen (secondary N) is 1. The van der Waals surface area contributed by atoms with Gasteiger partial charge in [0.2, 0.25) is 0 Å². The molecule has 1 rings (SSSR count). The van der Waals surface area contributed by atoms with Crippen LogP contribution in [0.2, 0.25) is 0 Å². The zero-order valence-corrected chi connectivity index (χ0v) is 13.1. The summed E-state index contributed by atoms with van der Waals surface area (Å²) in [5.74, 6) is 5.68. The Balaban J connectivity index is 2.89. The first-order valence-corrected chi connectivity index (χ1v) is 6.81. The van der Waals surface area contributed by atoms with Gasteiger partial charge in [0.05, 0.1) is 5.60 Å². The highest BCUT2D eigenvalue weighted by Crippen LogP contribution is 2.28. The minimum Gasteiger partial charge on any atom is -0.379 e. The highest BCUT2D eigenvalue weighted by Gasteiger charge is 2.23. The second-order valence-electron chi connectivity index (χ2n) is 6.76. The molecule has 3 heteroatoms. The van der Waals surface area contributed by atoms with E-state index in [2.05, 4.69) is 64.3 Å². The van der Waals surface area contributed by atoms with E-state index < -0.39 is 0 Å². The van der Waals surface area contributed by atoms with E-state index in [9.17, 15) is 0 Å². The van der Waals surface area contributed by atoms with Crippen molar-refractivity contribution in [3.8, 4) is 0 Å². The van der Waals surface area contributed by atoms with Gasteiger partial charge in [-0.05, 0) is 36.8 Å². The van der Waals surface area contributed by atoms with Crippen molar-refractivity contribution in [2.75, 3.05) is 7.11 Å². The number of methoxy groups -OCH3 is 1. The Morgan fingerprint density at radius 1 is 1.11 bits per heavy atom. The van der Waals surface area contributed by atoms with Crippen molar-refractivity contribution >= 4 is 0 Å². The third-order valence-corrected chi connectivity index (χ3v) is 3.63. The lowest BCUT2D eigenvalue weighted by Gasteiger charge is -2.29. The van der Waals surface area contributed by atoms with Gasteiger partial charge in [-0.3, -0.25) is 11.3 Å². The second kappa shape index (κ2) is 6.04. The highest BCUT2D eigenvalue weighted by molar-refractivity contribution is 5.29. The average Bonchev–Trinajstić information content (AvgIpc) is 2.35. The lowest BCUT2D eigenvalue weighted by atomic mass is 9.85. The molecule has 0 saturated heterocycles. The van der Waals surface area contributed by atoms with Crippen LogP contribution in [0.1, 0.15) is 58.2 Å². The average molecular weight is 264 g/mol. The minimum absolute atomic E-state index is 0.101. The van der Waals surface area contributed by atoms with Gasteiger partial charge in [0, 0.05) is 13.2 Å². The monoisotopic (exact) mass is 264 g/mol. The first kappa shape index (κ1) is 16.2. The van der Waals surface area contributed by atoms with E-state index in [4.69, 9.17) is 10.6 Å². The SMILES string of the molecule is COC(C)(C)CC(NN)c1ccc(C(C)(C)C)cc1. The number of rotatable bonds is 5. The molecule has 3 nitrogen and oxygen atoms in total. The molecule has 0 aromatic heterocycles. The topological polar surface area (TPSA) is 47.3 Å². The maximum atomic E-state index is 5.68. The molecule has 0 radical (unpaired) electrons. The molecular weight excluding hydrogens is 236 g/mol. The van der Waals surface area contributed by atoms with Crippen LogP contribution in [0.25, 0.3) is 0 Å². The summed E-state index contributed by atoms with van der Waals surface area (Å²) in [4.78, 5) is 0. The highest BCUT2D eigenvalue weighted by atomic mass is 16.5. The van der Waals surface area contributed by atoms with E-state index >= 15 is 0 Å². The molecule has 1 unspecified atom stereocenters. The number of ether oxygens (including phenoxy) is 1. The van der Waals surface area contributed by atoms with E-state index in [1.165, 1.54) is 11.1 Å². The Labute approximate surface area is 117 Å². The van der Waals surface area contributed by atoms with Crippen molar-refractivity contribution in [3.05, 3.63) is 35.4 Å². The van der Waals surface area contributed by atoms with E-state index in [0.717, 1.165) is 6.42 Å². The van der Waals surface area contributed by atoms with Crippen molar-refractivity contribution in [2.45, 2.75) is 58.1 Å². The molecule has 0 amide bonds. The van der Waals surface area contributed by atoms with E-state index in [1.54, 1.807) is 7.11 Å². The summed E-state index contributed by atoms with van der Waals surface area (Å²) >= 11 is 0. The van der Waals surface area contributed by atoms with Crippen LogP contribution in [-0.2, 0) is 10.2 Å². The van der Waals surface area contributed by atoms with Crippen LogP contribution in [0.3, 0.4) is 0 Å². The van der Waals surface area contributed by atoms with Gasteiger partial charge in [0.25, 0.3) is 0 Å². The second-order valence-corrected chi connectivity index (χ2v) is 6.76. The van der Waals surface area contributed by atoms with Crippen LogP contribution in [0.4, 0.5) is 0 Å². The van der Waals surface area contributed by atoms with Crippen molar-refractivity contribution in [2.24, 2.45) is 5.84 Å². The molecule has 0 aliphatic carbocycles. The molecule has 0 aliphatic heterocycles. The molecule has 0 heterocycles. The van der Waals surface area contributed by atoms with Crippen LogP contribution in [0.15, 0.2) is 24.3 Å². The maximum Gasteiger partial charge on any atom is 0.0641 e. The lowest BCUT2D eigenvalue weighted by molar-refractivity contribution is 0.00681. The Morgan fingerprint density at radius 3 is 2.00 bits per heavy atom. The summed E-state index contributed by atoms with van der Waals surface area (Å²) in [5, 5.41) is 0. The normalized spacial score (nSPS) is 14.5. The zero-order chi connectivity index (χ0) is 14.7. The molecule has 3 N–H and O–H groups in total. The van der Waals surface area contributed by atoms with E-state index in [-0.39, 0.29) is 17.1 Å². The van der Waals surface area contributed by atoms with Gasteiger partial charge in [-0.25, -0.2) is 0 Å². The third-order valence-electron chi connectivity index (χ3n) is 3.63. The summed E-state index contributed by atoms with van der Waals surface area (Å²) in [7, 11) is 1.73. The van der Waals surface area contributed by atoms with Crippen molar-refractivity contribution in [3.63, 3.8) is 0 Å². The van der Waals surface area contributed by atoms with Crippen LogP contribution >= 0.6 is 0 Å². The summed E-state index contributed by atoms with van der Waals surface area (Å²) in [6.45, 7) is 10.8. The van der Waals surface area contributed by atoms with Gasteiger partial charge in [-0.15, -0.1) is 0 Å². The maximum absolute atomic E-state index is 5.68. The molecule has 0 aliphatic rings. The van der Waals surface area contributed by atoms with E-state index in [0.29, 0.717) is 0 Å². The van der Waals surface area contributed by atoms with Crippen LogP contribution < -0.4 is 11.3 Å². The number of hydrogen-bond acceptors (Lipinski definition) is 3. The first-order chi connectivity index (χ1) is 8.69. The fourth-order valence-electron chi connectivity index (χ4n) is 2.06. The minimum atomic E-state index is -0.195. The smallest absolute Gasteiger partial charge is 0.0641 e. The Bertz CT molecular complexity index is 390. The van der Waals surface area contributed by atoms with Crippen molar-refractivity contribution in [1.29, 1.82) is 0 Å². The molecule has 0 bridgehead atoms. The quantitative estimate of drug-likeness (QED) is 0.633. The Morgan fingerprint density at radius 2 is 1.63 bits per heavy atom. The van der Waals surface area contributed by atoms with Gasteiger partial charge in [-0.1, -0.05) is 45.0 Å². The molecular formula is C16H28N2O. The molecule has 0 saturated carbocycles. The van der Waals surface area contributed by atoms with Crippen molar-refractivity contribution in [1.82, 2.24) is 5.43 Å². The van der Waals surface area contributed by atoms with Gasteiger partial charge < -0.3 is 4.74 Å². The van der Waals surface area contributed by atoms with Crippen LogP contribution in [0, 0.1) is 0 Å². The number of hydrogen-bond donors (Lipinski definition) is 2.